The molecule has 0 saturated carbocycles. The summed E-state index contributed by atoms with van der Waals surface area (Å²) in [7, 11) is 0. The molecule has 0 amide bonds. The third kappa shape index (κ3) is 3.35. The Balaban J connectivity index is 1.93. The van der Waals surface area contributed by atoms with Crippen LogP contribution in [0.3, 0.4) is 0 Å². The zero-order valence-electron chi connectivity index (χ0n) is 13.4. The highest BCUT2D eigenvalue weighted by molar-refractivity contribution is 5.72. The van der Waals surface area contributed by atoms with Crippen molar-refractivity contribution < 1.29 is 18.0 Å². The first-order valence-electron chi connectivity index (χ1n) is 7.69. The average Bonchev–Trinajstić information content (AvgIpc) is 2.91. The van der Waals surface area contributed by atoms with Gasteiger partial charge in [0.1, 0.15) is 18.1 Å². The number of carbonyl (C=O) groups excluding carboxylic acids is 1. The molecule has 0 radical (unpaired) electrons. The Morgan fingerprint density at radius 2 is 1.92 bits per heavy atom. The monoisotopic (exact) mass is 347 g/mol. The summed E-state index contributed by atoms with van der Waals surface area (Å²) in [5, 5.41) is 1.56. The summed E-state index contributed by atoms with van der Waals surface area (Å²) < 4.78 is 39.7. The van der Waals surface area contributed by atoms with Crippen molar-refractivity contribution in [2.45, 2.75) is 25.6 Å². The molecule has 0 spiro atoms. The van der Waals surface area contributed by atoms with Crippen LogP contribution < -0.4 is 10.4 Å². The first kappa shape index (κ1) is 17.0. The molecule has 0 aliphatic carbocycles. The maximum atomic E-state index is 13.2. The van der Waals surface area contributed by atoms with E-state index in [0.29, 0.717) is 23.4 Å². The average molecular weight is 347 g/mol. The van der Waals surface area contributed by atoms with Gasteiger partial charge < -0.3 is 10.2 Å². The molecule has 1 aliphatic rings. The number of aromatic nitrogens is 1. The van der Waals surface area contributed by atoms with Gasteiger partial charge >= 0.3 is 6.18 Å². The van der Waals surface area contributed by atoms with Gasteiger partial charge in [0.2, 0.25) is 0 Å². The number of aldehydes is 1. The largest absolute Gasteiger partial charge is 0.416 e. The number of hydrogen-bond acceptors (Lipinski definition) is 4. The lowest BCUT2D eigenvalue weighted by Crippen LogP contribution is -2.41. The molecule has 0 bridgehead atoms. The summed E-state index contributed by atoms with van der Waals surface area (Å²) >= 11 is 0. The number of nitrogens with one attached hydrogen (secondary N) is 1. The van der Waals surface area contributed by atoms with E-state index in [1.54, 1.807) is 42.4 Å². The second kappa shape index (κ2) is 6.58. The van der Waals surface area contributed by atoms with Crippen LogP contribution in [0.25, 0.3) is 0 Å². The molecule has 1 N–H and O–H groups in total. The third-order valence-corrected chi connectivity index (χ3v) is 4.13. The first-order valence-corrected chi connectivity index (χ1v) is 7.69. The number of allylic oxidation sites excluding steroid dienone is 1. The van der Waals surface area contributed by atoms with Crippen LogP contribution in [-0.4, -0.2) is 17.3 Å². The van der Waals surface area contributed by atoms with E-state index < -0.39 is 17.8 Å². The molecule has 4 nitrogen and oxygen atoms in total. The van der Waals surface area contributed by atoms with Gasteiger partial charge in [-0.3, -0.25) is 5.01 Å². The minimum absolute atomic E-state index is 0.0290. The number of alkyl halides is 3. The summed E-state index contributed by atoms with van der Waals surface area (Å²) in [5.41, 5.74) is 3.74. The number of halogens is 3. The van der Waals surface area contributed by atoms with Gasteiger partial charge in [-0.15, -0.1) is 0 Å². The van der Waals surface area contributed by atoms with Gasteiger partial charge in [0.15, 0.2) is 0 Å². The van der Waals surface area contributed by atoms with Crippen molar-refractivity contribution in [3.63, 3.8) is 0 Å². The standard InChI is InChI=1S/C18H16F3N3O/c1-12-14(10-13-6-2-3-7-15(13)18(19,20)21)16(11-25)24(23-12)17-8-4-5-9-22-17/h2-9,11,16,23H,10H2,1H3. The number of benzene rings is 1. The lowest BCUT2D eigenvalue weighted by molar-refractivity contribution is -0.138. The van der Waals surface area contributed by atoms with Crippen LogP contribution >= 0.6 is 0 Å². The van der Waals surface area contributed by atoms with Crippen LogP contribution in [0.1, 0.15) is 18.1 Å². The molecular weight excluding hydrogens is 331 g/mol. The zero-order chi connectivity index (χ0) is 18.0. The molecule has 3 rings (SSSR count). The summed E-state index contributed by atoms with van der Waals surface area (Å²) in [6.45, 7) is 1.74. The molecule has 1 unspecified atom stereocenters. The van der Waals surface area contributed by atoms with E-state index in [4.69, 9.17) is 0 Å². The number of nitrogens with zero attached hydrogens (tertiary/aromatic N) is 2. The van der Waals surface area contributed by atoms with E-state index in [1.807, 2.05) is 0 Å². The molecule has 25 heavy (non-hydrogen) atoms. The maximum Gasteiger partial charge on any atom is 0.416 e. The van der Waals surface area contributed by atoms with Gasteiger partial charge in [0.05, 0.1) is 5.56 Å². The van der Waals surface area contributed by atoms with Crippen LogP contribution in [0.5, 0.6) is 0 Å². The van der Waals surface area contributed by atoms with E-state index >= 15 is 0 Å². The lowest BCUT2D eigenvalue weighted by atomic mass is 9.95. The number of anilines is 1. The van der Waals surface area contributed by atoms with Gasteiger partial charge in [-0.05, 0) is 42.7 Å². The van der Waals surface area contributed by atoms with Crippen molar-refractivity contribution >= 4 is 12.1 Å². The van der Waals surface area contributed by atoms with Crippen LogP contribution in [-0.2, 0) is 17.4 Å². The smallest absolute Gasteiger partial charge is 0.301 e. The maximum absolute atomic E-state index is 13.2. The molecule has 0 saturated heterocycles. The molecule has 1 aromatic heterocycles. The van der Waals surface area contributed by atoms with Gasteiger partial charge in [-0.25, -0.2) is 4.98 Å². The molecule has 1 aliphatic heterocycles. The Morgan fingerprint density at radius 3 is 2.56 bits per heavy atom. The Morgan fingerprint density at radius 1 is 1.20 bits per heavy atom. The van der Waals surface area contributed by atoms with Gasteiger partial charge in [-0.2, -0.15) is 13.2 Å². The summed E-state index contributed by atoms with van der Waals surface area (Å²) in [6, 6.07) is 9.95. The molecule has 2 aromatic rings. The van der Waals surface area contributed by atoms with Gasteiger partial charge in [-0.1, -0.05) is 24.3 Å². The number of hydrogen-bond donors (Lipinski definition) is 1. The van der Waals surface area contributed by atoms with E-state index in [1.165, 1.54) is 12.1 Å². The van der Waals surface area contributed by atoms with Crippen LogP contribution in [0.2, 0.25) is 0 Å². The predicted molar refractivity (Wildman–Crippen MR) is 87.6 cm³/mol. The Bertz CT molecular complexity index is 803. The highest BCUT2D eigenvalue weighted by Crippen LogP contribution is 2.34. The van der Waals surface area contributed by atoms with Crippen LogP contribution in [0.15, 0.2) is 59.9 Å². The number of rotatable bonds is 4. The van der Waals surface area contributed by atoms with E-state index in [-0.39, 0.29) is 12.0 Å². The highest BCUT2D eigenvalue weighted by atomic mass is 19.4. The predicted octanol–water partition coefficient (Wildman–Crippen LogP) is 3.51. The molecule has 1 atom stereocenters. The van der Waals surface area contributed by atoms with Crippen molar-refractivity contribution in [2.75, 3.05) is 5.01 Å². The third-order valence-electron chi connectivity index (χ3n) is 4.13. The van der Waals surface area contributed by atoms with E-state index in [2.05, 4.69) is 10.4 Å². The van der Waals surface area contributed by atoms with Gasteiger partial charge in [0.25, 0.3) is 0 Å². The van der Waals surface area contributed by atoms with Crippen LogP contribution in [0.4, 0.5) is 19.0 Å². The molecule has 2 heterocycles. The van der Waals surface area contributed by atoms with Crippen molar-refractivity contribution in [1.82, 2.24) is 10.4 Å². The summed E-state index contributed by atoms with van der Waals surface area (Å²) in [5.74, 6) is 0.526. The van der Waals surface area contributed by atoms with Crippen molar-refractivity contribution in [3.8, 4) is 0 Å². The highest BCUT2D eigenvalue weighted by Gasteiger charge is 2.36. The normalized spacial score (nSPS) is 17.6. The second-order valence-corrected chi connectivity index (χ2v) is 5.73. The summed E-state index contributed by atoms with van der Waals surface area (Å²) in [6.07, 6.45) is -2.11. The van der Waals surface area contributed by atoms with Gasteiger partial charge in [0, 0.05) is 11.9 Å². The first-order chi connectivity index (χ1) is 11.9. The fraction of sp³-hybridized carbons (Fsp3) is 0.222. The molecule has 7 heteroatoms. The van der Waals surface area contributed by atoms with E-state index in [0.717, 1.165) is 6.07 Å². The number of carbonyl (C=O) groups is 1. The second-order valence-electron chi connectivity index (χ2n) is 5.73. The number of hydrazine groups is 1. The Labute approximate surface area is 143 Å². The SMILES string of the molecule is CC1=C(Cc2ccccc2C(F)(F)F)C(C=O)N(c2ccccn2)N1. The van der Waals surface area contributed by atoms with Crippen molar-refractivity contribution in [3.05, 3.63) is 71.1 Å². The minimum atomic E-state index is -4.44. The molecule has 0 fully saturated rings. The topological polar surface area (TPSA) is 45.2 Å². The minimum Gasteiger partial charge on any atom is -0.301 e. The molecular formula is C18H16F3N3O. The quantitative estimate of drug-likeness (QED) is 0.860. The fourth-order valence-corrected chi connectivity index (χ4v) is 2.93. The van der Waals surface area contributed by atoms with Crippen LogP contribution in [0, 0.1) is 0 Å². The van der Waals surface area contributed by atoms with Crippen molar-refractivity contribution in [1.29, 1.82) is 0 Å². The zero-order valence-corrected chi connectivity index (χ0v) is 13.4. The molecule has 1 aromatic carbocycles. The fourth-order valence-electron chi connectivity index (χ4n) is 2.93. The lowest BCUT2D eigenvalue weighted by Gasteiger charge is -2.23. The van der Waals surface area contributed by atoms with E-state index in [9.17, 15) is 18.0 Å². The van der Waals surface area contributed by atoms with Crippen molar-refractivity contribution in [2.24, 2.45) is 0 Å². The Kier molecular flexibility index (Phi) is 4.48. The Hall–Kier alpha value is -2.83. The number of pyridine rings is 1. The molecule has 130 valence electrons. The summed E-state index contributed by atoms with van der Waals surface area (Å²) in [4.78, 5) is 15.8.